The number of fused-ring (bicyclic) bond motifs is 3. The molecular weight excluding hydrogens is 368 g/mol. The van der Waals surface area contributed by atoms with Crippen molar-refractivity contribution >= 4 is 45.2 Å². The Labute approximate surface area is 168 Å². The number of nitrogens with zero attached hydrogens (tertiary/aromatic N) is 1. The van der Waals surface area contributed by atoms with Crippen LogP contribution < -0.4 is 5.32 Å². The maximum absolute atomic E-state index is 12.0. The molecule has 0 radical (unpaired) electrons. The molecular formula is C23H22N2O2S. The second kappa shape index (κ2) is 8.50. The van der Waals surface area contributed by atoms with E-state index in [1.54, 1.807) is 0 Å². The molecule has 2 N–H and O–H groups in total. The van der Waals surface area contributed by atoms with E-state index in [1.165, 1.54) is 22.5 Å². The highest BCUT2D eigenvalue weighted by Crippen LogP contribution is 2.29. The fraction of sp³-hybridized carbons (Fsp3) is 0.174. The molecule has 1 heterocycles. The van der Waals surface area contributed by atoms with Crippen molar-refractivity contribution in [3.8, 4) is 0 Å². The van der Waals surface area contributed by atoms with Crippen molar-refractivity contribution in [2.24, 2.45) is 0 Å². The summed E-state index contributed by atoms with van der Waals surface area (Å²) >= 11 is 1.45. The van der Waals surface area contributed by atoms with E-state index in [2.05, 4.69) is 34.1 Å². The van der Waals surface area contributed by atoms with Gasteiger partial charge in [0, 0.05) is 39.8 Å². The maximum atomic E-state index is 12.0. The normalized spacial score (nSPS) is 12.3. The highest BCUT2D eigenvalue weighted by atomic mass is 32.2. The fourth-order valence-corrected chi connectivity index (χ4v) is 4.22. The number of anilines is 1. The lowest BCUT2D eigenvalue weighted by atomic mass is 10.2. The molecule has 4 nitrogen and oxygen atoms in total. The molecule has 0 bridgehead atoms. The number of aliphatic hydroxyl groups excluding tert-OH is 1. The average molecular weight is 391 g/mol. The van der Waals surface area contributed by atoms with Gasteiger partial charge in [-0.1, -0.05) is 54.6 Å². The Kier molecular flexibility index (Phi) is 5.65. The Balaban J connectivity index is 1.39. The van der Waals surface area contributed by atoms with Gasteiger partial charge in [0.05, 0.1) is 11.9 Å². The molecule has 1 amide bonds. The van der Waals surface area contributed by atoms with Crippen LogP contribution in [0.3, 0.4) is 0 Å². The first-order chi connectivity index (χ1) is 13.7. The summed E-state index contributed by atoms with van der Waals surface area (Å²) < 4.78 is 2.17. The number of nitrogens with one attached hydrogen (secondary N) is 1. The first-order valence-corrected chi connectivity index (χ1v) is 10.4. The number of aliphatic hydroxyl groups is 1. The molecule has 5 heteroatoms. The van der Waals surface area contributed by atoms with Gasteiger partial charge in [0.1, 0.15) is 0 Å². The summed E-state index contributed by atoms with van der Waals surface area (Å²) in [4.78, 5) is 12.0. The molecule has 0 aliphatic rings. The van der Waals surface area contributed by atoms with Crippen LogP contribution in [-0.4, -0.2) is 33.2 Å². The van der Waals surface area contributed by atoms with Crippen LogP contribution in [0.4, 0.5) is 5.69 Å². The van der Waals surface area contributed by atoms with Crippen LogP contribution in [0.15, 0.2) is 78.9 Å². The van der Waals surface area contributed by atoms with Gasteiger partial charge in [-0.15, -0.1) is 11.8 Å². The molecule has 0 fully saturated rings. The van der Waals surface area contributed by atoms with E-state index in [0.717, 1.165) is 16.7 Å². The van der Waals surface area contributed by atoms with Crippen molar-refractivity contribution < 1.29 is 9.90 Å². The number of hydrogen-bond acceptors (Lipinski definition) is 3. The van der Waals surface area contributed by atoms with E-state index < -0.39 is 6.10 Å². The highest BCUT2D eigenvalue weighted by molar-refractivity contribution is 8.00. The summed E-state index contributed by atoms with van der Waals surface area (Å²) in [6.07, 6.45) is -0.534. The predicted molar refractivity (Wildman–Crippen MR) is 118 cm³/mol. The summed E-state index contributed by atoms with van der Waals surface area (Å²) in [5.41, 5.74) is 3.03. The monoisotopic (exact) mass is 390 g/mol. The second-order valence-corrected chi connectivity index (χ2v) is 7.76. The third kappa shape index (κ3) is 4.06. The fourth-order valence-electron chi connectivity index (χ4n) is 3.47. The number of amides is 1. The molecule has 0 unspecified atom stereocenters. The van der Waals surface area contributed by atoms with Gasteiger partial charge in [-0.2, -0.15) is 0 Å². The van der Waals surface area contributed by atoms with Gasteiger partial charge in [-0.3, -0.25) is 4.79 Å². The molecule has 0 saturated heterocycles. The number of benzene rings is 3. The van der Waals surface area contributed by atoms with Crippen molar-refractivity contribution in [3.05, 3.63) is 78.9 Å². The quantitative estimate of drug-likeness (QED) is 0.488. The van der Waals surface area contributed by atoms with E-state index in [0.29, 0.717) is 18.1 Å². The van der Waals surface area contributed by atoms with E-state index >= 15 is 0 Å². The zero-order chi connectivity index (χ0) is 19.3. The topological polar surface area (TPSA) is 54.3 Å². The minimum atomic E-state index is -0.534. The van der Waals surface area contributed by atoms with Crippen LogP contribution in [0.2, 0.25) is 0 Å². The van der Waals surface area contributed by atoms with Crippen molar-refractivity contribution in [1.29, 1.82) is 0 Å². The average Bonchev–Trinajstić information content (AvgIpc) is 3.03. The zero-order valence-corrected chi connectivity index (χ0v) is 16.2. The number of rotatable bonds is 7. The molecule has 0 saturated carbocycles. The number of carbonyl (C=O) groups excluding carboxylic acids is 1. The van der Waals surface area contributed by atoms with E-state index in [-0.39, 0.29) is 5.91 Å². The van der Waals surface area contributed by atoms with Crippen LogP contribution >= 0.6 is 11.8 Å². The Morgan fingerprint density at radius 1 is 0.893 bits per heavy atom. The van der Waals surface area contributed by atoms with Crippen LogP contribution in [-0.2, 0) is 11.3 Å². The Morgan fingerprint density at radius 2 is 1.46 bits per heavy atom. The van der Waals surface area contributed by atoms with Crippen molar-refractivity contribution in [1.82, 2.24) is 4.57 Å². The summed E-state index contributed by atoms with van der Waals surface area (Å²) in [6, 6.07) is 25.9. The summed E-state index contributed by atoms with van der Waals surface area (Å²) in [5, 5.41) is 15.8. The molecule has 1 atom stereocenters. The van der Waals surface area contributed by atoms with Gasteiger partial charge in [0.25, 0.3) is 0 Å². The minimum Gasteiger partial charge on any atom is -0.390 e. The van der Waals surface area contributed by atoms with E-state index in [9.17, 15) is 9.90 Å². The summed E-state index contributed by atoms with van der Waals surface area (Å²) in [6.45, 7) is 0.501. The first-order valence-electron chi connectivity index (χ1n) is 9.29. The van der Waals surface area contributed by atoms with Crippen molar-refractivity contribution in [3.63, 3.8) is 0 Å². The smallest absolute Gasteiger partial charge is 0.234 e. The van der Waals surface area contributed by atoms with Gasteiger partial charge >= 0.3 is 0 Å². The van der Waals surface area contributed by atoms with Crippen molar-refractivity contribution in [2.75, 3.05) is 16.8 Å². The molecule has 3 aromatic carbocycles. The third-order valence-corrected chi connectivity index (χ3v) is 5.76. The van der Waals surface area contributed by atoms with Crippen LogP contribution in [0.25, 0.3) is 21.8 Å². The maximum Gasteiger partial charge on any atom is 0.234 e. The van der Waals surface area contributed by atoms with Crippen molar-refractivity contribution in [2.45, 2.75) is 12.6 Å². The Hall–Kier alpha value is -2.76. The summed E-state index contributed by atoms with van der Waals surface area (Å²) in [7, 11) is 0. The molecule has 1 aromatic heterocycles. The number of carbonyl (C=O) groups is 1. The van der Waals surface area contributed by atoms with Gasteiger partial charge in [0.15, 0.2) is 0 Å². The van der Waals surface area contributed by atoms with Crippen LogP contribution in [0.1, 0.15) is 0 Å². The standard InChI is InChI=1S/C23H22N2O2S/c26-18(15-28-16-23(27)24-17-8-2-1-3-9-17)14-25-21-12-6-4-10-19(21)20-11-5-7-13-22(20)25/h1-13,18,26H,14-16H2,(H,24,27)/t18-/m1/s1. The van der Waals surface area contributed by atoms with Crippen LogP contribution in [0.5, 0.6) is 0 Å². The second-order valence-electron chi connectivity index (χ2n) is 6.73. The number of thioether (sulfide) groups is 1. The lowest BCUT2D eigenvalue weighted by Gasteiger charge is -2.14. The Bertz CT molecular complexity index is 1040. The van der Waals surface area contributed by atoms with Gasteiger partial charge in [-0.05, 0) is 24.3 Å². The number of para-hydroxylation sites is 3. The van der Waals surface area contributed by atoms with Gasteiger partial charge < -0.3 is 15.0 Å². The SMILES string of the molecule is O=C(CSC[C@H](O)Cn1c2ccccc2c2ccccc21)Nc1ccccc1. The molecule has 142 valence electrons. The molecule has 4 aromatic rings. The van der Waals surface area contributed by atoms with Gasteiger partial charge in [0.2, 0.25) is 5.91 Å². The lowest BCUT2D eigenvalue weighted by Crippen LogP contribution is -2.20. The first kappa shape index (κ1) is 18.6. The third-order valence-electron chi connectivity index (χ3n) is 4.67. The molecule has 0 aliphatic carbocycles. The highest BCUT2D eigenvalue weighted by Gasteiger charge is 2.14. The molecule has 4 rings (SSSR count). The lowest BCUT2D eigenvalue weighted by molar-refractivity contribution is -0.113. The van der Waals surface area contributed by atoms with E-state index in [1.807, 2.05) is 54.6 Å². The minimum absolute atomic E-state index is 0.0553. The zero-order valence-electron chi connectivity index (χ0n) is 15.4. The Morgan fingerprint density at radius 3 is 2.11 bits per heavy atom. The number of aromatic nitrogens is 1. The summed E-state index contributed by atoms with van der Waals surface area (Å²) in [5.74, 6) is 0.766. The molecule has 0 spiro atoms. The van der Waals surface area contributed by atoms with Crippen LogP contribution in [0, 0.1) is 0 Å². The predicted octanol–water partition coefficient (Wildman–Crippen LogP) is 4.53. The van der Waals surface area contributed by atoms with E-state index in [4.69, 9.17) is 0 Å². The van der Waals surface area contributed by atoms with Gasteiger partial charge in [-0.25, -0.2) is 0 Å². The molecule has 28 heavy (non-hydrogen) atoms. The largest absolute Gasteiger partial charge is 0.390 e. The number of hydrogen-bond donors (Lipinski definition) is 2. The molecule has 0 aliphatic heterocycles.